The van der Waals surface area contributed by atoms with E-state index in [0.717, 1.165) is 11.1 Å². The van der Waals surface area contributed by atoms with Gasteiger partial charge in [-0.2, -0.15) is 0 Å². The molecule has 0 bridgehead atoms. The Labute approximate surface area is 181 Å². The van der Waals surface area contributed by atoms with Gasteiger partial charge >= 0.3 is 11.9 Å². The Balaban J connectivity index is 1.46. The molecular formula is C24H26O7. The summed E-state index contributed by atoms with van der Waals surface area (Å²) in [5.74, 6) is -1.85. The van der Waals surface area contributed by atoms with Gasteiger partial charge < -0.3 is 23.7 Å². The summed E-state index contributed by atoms with van der Waals surface area (Å²) in [5, 5.41) is 0. The van der Waals surface area contributed by atoms with Crippen molar-refractivity contribution >= 4 is 11.9 Å². The van der Waals surface area contributed by atoms with Gasteiger partial charge in [-0.15, -0.1) is 0 Å². The molecule has 0 spiro atoms. The molecular weight excluding hydrogens is 400 g/mol. The molecule has 0 unspecified atom stereocenters. The maximum Gasteiger partial charge on any atom is 0.338 e. The minimum atomic E-state index is -0.868. The van der Waals surface area contributed by atoms with Gasteiger partial charge in [0.25, 0.3) is 0 Å². The second-order valence-electron chi connectivity index (χ2n) is 8.34. The Kier molecular flexibility index (Phi) is 5.83. The fraction of sp³-hybridized carbons (Fsp3) is 0.417. The Morgan fingerprint density at radius 3 is 2.00 bits per heavy atom. The lowest BCUT2D eigenvalue weighted by Crippen LogP contribution is -2.40. The van der Waals surface area contributed by atoms with E-state index in [0.29, 0.717) is 11.1 Å². The number of carbonyl (C=O) groups excluding carboxylic acids is 2. The highest BCUT2D eigenvalue weighted by Gasteiger charge is 2.57. The zero-order valence-electron chi connectivity index (χ0n) is 18.0. The van der Waals surface area contributed by atoms with Crippen LogP contribution < -0.4 is 0 Å². The van der Waals surface area contributed by atoms with Crippen LogP contribution in [0.5, 0.6) is 0 Å². The lowest BCUT2D eigenvalue weighted by molar-refractivity contribution is -0.218. The third-order valence-electron chi connectivity index (χ3n) is 5.28. The number of hydrogen-bond donors (Lipinski definition) is 0. The number of benzene rings is 2. The van der Waals surface area contributed by atoms with Gasteiger partial charge in [-0.3, -0.25) is 0 Å². The van der Waals surface area contributed by atoms with E-state index in [4.69, 9.17) is 23.7 Å². The number of fused-ring (bicyclic) bond motifs is 1. The standard InChI is InChI=1S/C24H26O7/c1-14-5-9-16(10-6-14)21(25)27-13-18-19(20-23(28-18)31-24(3,4)30-20)29-22(26)17-11-7-15(2)8-12-17/h5-12,18-20,23H,13H2,1-4H3/t18-,19+,20-,23-/m1/s1. The Bertz CT molecular complexity index is 949. The van der Waals surface area contributed by atoms with Crippen molar-refractivity contribution in [3.05, 3.63) is 70.8 Å². The van der Waals surface area contributed by atoms with Gasteiger partial charge in [0.2, 0.25) is 0 Å². The zero-order valence-corrected chi connectivity index (χ0v) is 18.0. The summed E-state index contributed by atoms with van der Waals surface area (Å²) in [6.45, 7) is 7.31. The smallest absolute Gasteiger partial charge is 0.338 e. The average Bonchev–Trinajstić information content (AvgIpc) is 3.19. The summed E-state index contributed by atoms with van der Waals surface area (Å²) in [4.78, 5) is 25.1. The Hall–Kier alpha value is -2.74. The van der Waals surface area contributed by atoms with Crippen LogP contribution in [0.1, 0.15) is 45.7 Å². The largest absolute Gasteiger partial charge is 0.459 e. The van der Waals surface area contributed by atoms with Crippen molar-refractivity contribution in [3.8, 4) is 0 Å². The second-order valence-corrected chi connectivity index (χ2v) is 8.34. The van der Waals surface area contributed by atoms with E-state index < -0.39 is 42.3 Å². The van der Waals surface area contributed by atoms with E-state index in [-0.39, 0.29) is 6.61 Å². The van der Waals surface area contributed by atoms with Crippen molar-refractivity contribution < 1.29 is 33.3 Å². The molecule has 31 heavy (non-hydrogen) atoms. The second kappa shape index (κ2) is 8.42. The normalized spacial score (nSPS) is 26.3. The van der Waals surface area contributed by atoms with Crippen molar-refractivity contribution in [2.24, 2.45) is 0 Å². The van der Waals surface area contributed by atoms with Gasteiger partial charge in [0, 0.05) is 0 Å². The Morgan fingerprint density at radius 2 is 1.42 bits per heavy atom. The van der Waals surface area contributed by atoms with Crippen molar-refractivity contribution in [1.82, 2.24) is 0 Å². The molecule has 4 atom stereocenters. The van der Waals surface area contributed by atoms with Crippen LogP contribution in [0.2, 0.25) is 0 Å². The maximum absolute atomic E-state index is 12.7. The van der Waals surface area contributed by atoms with Crippen LogP contribution in [-0.2, 0) is 23.7 Å². The van der Waals surface area contributed by atoms with Gasteiger partial charge in [-0.05, 0) is 52.0 Å². The van der Waals surface area contributed by atoms with Crippen LogP contribution in [0.25, 0.3) is 0 Å². The van der Waals surface area contributed by atoms with E-state index >= 15 is 0 Å². The van der Waals surface area contributed by atoms with Gasteiger partial charge in [-0.25, -0.2) is 9.59 Å². The fourth-order valence-electron chi connectivity index (χ4n) is 3.64. The molecule has 2 aromatic carbocycles. The fourth-order valence-corrected chi connectivity index (χ4v) is 3.64. The molecule has 0 radical (unpaired) electrons. The highest BCUT2D eigenvalue weighted by molar-refractivity contribution is 5.90. The molecule has 164 valence electrons. The highest BCUT2D eigenvalue weighted by Crippen LogP contribution is 2.39. The molecule has 7 nitrogen and oxygen atoms in total. The van der Waals surface area contributed by atoms with Crippen LogP contribution in [0.3, 0.4) is 0 Å². The third kappa shape index (κ3) is 4.79. The third-order valence-corrected chi connectivity index (χ3v) is 5.28. The lowest BCUT2D eigenvalue weighted by Gasteiger charge is -2.25. The number of aryl methyl sites for hydroxylation is 2. The number of hydrogen-bond acceptors (Lipinski definition) is 7. The molecule has 4 rings (SSSR count). The van der Waals surface area contributed by atoms with E-state index in [1.807, 2.05) is 38.1 Å². The van der Waals surface area contributed by atoms with Crippen LogP contribution in [0, 0.1) is 13.8 Å². The first-order valence-electron chi connectivity index (χ1n) is 10.2. The zero-order chi connectivity index (χ0) is 22.2. The van der Waals surface area contributed by atoms with Crippen LogP contribution in [0.4, 0.5) is 0 Å². The molecule has 2 heterocycles. The summed E-state index contributed by atoms with van der Waals surface area (Å²) in [5.41, 5.74) is 2.94. The molecule has 2 saturated heterocycles. The van der Waals surface area contributed by atoms with Crippen LogP contribution >= 0.6 is 0 Å². The lowest BCUT2D eigenvalue weighted by atomic mass is 10.1. The summed E-state index contributed by atoms with van der Waals surface area (Å²) in [6, 6.07) is 14.1. The summed E-state index contributed by atoms with van der Waals surface area (Å²) in [6.07, 6.45) is -2.83. The topological polar surface area (TPSA) is 80.3 Å². The molecule has 0 saturated carbocycles. The summed E-state index contributed by atoms with van der Waals surface area (Å²) in [7, 11) is 0. The first-order valence-corrected chi connectivity index (χ1v) is 10.2. The quantitative estimate of drug-likeness (QED) is 0.676. The molecule has 0 aliphatic carbocycles. The van der Waals surface area contributed by atoms with Gasteiger partial charge in [0.05, 0.1) is 11.1 Å². The molecule has 0 aromatic heterocycles. The first kappa shape index (κ1) is 21.5. The minimum absolute atomic E-state index is 0.0985. The molecule has 2 fully saturated rings. The summed E-state index contributed by atoms with van der Waals surface area (Å²) < 4.78 is 28.8. The number of esters is 2. The van der Waals surface area contributed by atoms with E-state index in [9.17, 15) is 9.59 Å². The maximum atomic E-state index is 12.7. The van der Waals surface area contributed by atoms with E-state index in [2.05, 4.69) is 0 Å². The number of rotatable bonds is 5. The predicted octanol–water partition coefficient (Wildman–Crippen LogP) is 3.56. The Morgan fingerprint density at radius 1 is 0.871 bits per heavy atom. The monoisotopic (exact) mass is 426 g/mol. The highest BCUT2D eigenvalue weighted by atomic mass is 16.8. The summed E-state index contributed by atoms with van der Waals surface area (Å²) >= 11 is 0. The molecule has 0 N–H and O–H groups in total. The van der Waals surface area contributed by atoms with Gasteiger partial charge in [0.1, 0.15) is 12.7 Å². The van der Waals surface area contributed by atoms with Crippen molar-refractivity contribution in [1.29, 1.82) is 0 Å². The van der Waals surface area contributed by atoms with Gasteiger partial charge in [0.15, 0.2) is 24.3 Å². The average molecular weight is 426 g/mol. The van der Waals surface area contributed by atoms with Crippen molar-refractivity contribution in [2.45, 2.75) is 58.1 Å². The molecule has 2 aromatic rings. The molecule has 7 heteroatoms. The molecule has 2 aliphatic heterocycles. The first-order chi connectivity index (χ1) is 14.7. The van der Waals surface area contributed by atoms with Crippen molar-refractivity contribution in [2.75, 3.05) is 6.61 Å². The van der Waals surface area contributed by atoms with Gasteiger partial charge in [-0.1, -0.05) is 35.4 Å². The predicted molar refractivity (Wildman–Crippen MR) is 111 cm³/mol. The molecule has 2 aliphatic rings. The van der Waals surface area contributed by atoms with E-state index in [1.54, 1.807) is 38.1 Å². The van der Waals surface area contributed by atoms with Crippen molar-refractivity contribution in [3.63, 3.8) is 0 Å². The van der Waals surface area contributed by atoms with Crippen LogP contribution in [-0.4, -0.2) is 48.9 Å². The molecule has 0 amide bonds. The van der Waals surface area contributed by atoms with E-state index in [1.165, 1.54) is 0 Å². The number of ether oxygens (including phenoxy) is 5. The SMILES string of the molecule is Cc1ccc(C(=O)OC[C@H]2O[C@@H]3OC(C)(C)O[C@@H]3[C@H]2OC(=O)c2ccc(C)cc2)cc1. The minimum Gasteiger partial charge on any atom is -0.459 e. The number of carbonyl (C=O) groups is 2. The van der Waals surface area contributed by atoms with Crippen LogP contribution in [0.15, 0.2) is 48.5 Å².